The van der Waals surface area contributed by atoms with Crippen molar-refractivity contribution >= 4 is 5.78 Å². The van der Waals surface area contributed by atoms with Gasteiger partial charge in [0.2, 0.25) is 0 Å². The summed E-state index contributed by atoms with van der Waals surface area (Å²) in [6, 6.07) is 7.35. The molecule has 0 bridgehead atoms. The zero-order chi connectivity index (χ0) is 11.1. The Bertz CT molecular complexity index is 389. The number of carbonyl (C=O) groups is 1. The zero-order valence-corrected chi connectivity index (χ0v) is 9.16. The number of rotatable bonds is 3. The molecule has 80 valence electrons. The molecule has 0 amide bonds. The van der Waals surface area contributed by atoms with Crippen molar-refractivity contribution in [2.75, 3.05) is 0 Å². The van der Waals surface area contributed by atoms with Crippen LogP contribution < -0.4 is 0 Å². The lowest BCUT2D eigenvalue weighted by atomic mass is 9.86. The molecule has 15 heavy (non-hydrogen) atoms. The van der Waals surface area contributed by atoms with Gasteiger partial charge in [-0.1, -0.05) is 24.3 Å². The molecule has 1 aromatic carbocycles. The van der Waals surface area contributed by atoms with E-state index in [4.69, 9.17) is 0 Å². The summed E-state index contributed by atoms with van der Waals surface area (Å²) in [6.07, 6.45) is 2.11. The fourth-order valence-electron chi connectivity index (χ4n) is 2.10. The highest BCUT2D eigenvalue weighted by molar-refractivity contribution is 5.95. The molecule has 1 saturated carbocycles. The summed E-state index contributed by atoms with van der Waals surface area (Å²) in [7, 11) is 0. The van der Waals surface area contributed by atoms with E-state index in [2.05, 4.69) is 0 Å². The average Bonchev–Trinajstić information content (AvgIpc) is 3.01. The minimum atomic E-state index is -0.845. The van der Waals surface area contributed by atoms with Gasteiger partial charge in [0.05, 0.1) is 5.60 Å². The molecule has 0 radical (unpaired) electrons. The molecule has 0 aromatic heterocycles. The topological polar surface area (TPSA) is 37.3 Å². The predicted molar refractivity (Wildman–Crippen MR) is 58.7 cm³/mol. The molecule has 2 heteroatoms. The molecule has 1 aliphatic carbocycles. The van der Waals surface area contributed by atoms with Gasteiger partial charge in [0, 0.05) is 5.56 Å². The molecule has 1 aliphatic rings. The van der Waals surface area contributed by atoms with Crippen LogP contribution in [0.4, 0.5) is 0 Å². The van der Waals surface area contributed by atoms with E-state index in [0.717, 1.165) is 18.4 Å². The van der Waals surface area contributed by atoms with Crippen LogP contribution in [0.15, 0.2) is 24.3 Å². The van der Waals surface area contributed by atoms with E-state index < -0.39 is 5.60 Å². The van der Waals surface area contributed by atoms with Crippen molar-refractivity contribution in [3.8, 4) is 0 Å². The van der Waals surface area contributed by atoms with Gasteiger partial charge in [0.15, 0.2) is 5.78 Å². The van der Waals surface area contributed by atoms with E-state index in [9.17, 15) is 9.90 Å². The summed E-state index contributed by atoms with van der Waals surface area (Å²) >= 11 is 0. The molecule has 0 aliphatic heterocycles. The van der Waals surface area contributed by atoms with Crippen LogP contribution in [0.3, 0.4) is 0 Å². The van der Waals surface area contributed by atoms with Gasteiger partial charge in [-0.05, 0) is 38.2 Å². The maximum atomic E-state index is 11.4. The third-order valence-electron chi connectivity index (χ3n) is 3.22. The highest BCUT2D eigenvalue weighted by Crippen LogP contribution is 2.46. The van der Waals surface area contributed by atoms with Crippen molar-refractivity contribution in [1.82, 2.24) is 0 Å². The maximum absolute atomic E-state index is 11.4. The first-order valence-electron chi connectivity index (χ1n) is 5.36. The van der Waals surface area contributed by atoms with Crippen molar-refractivity contribution < 1.29 is 9.90 Å². The van der Waals surface area contributed by atoms with Gasteiger partial charge in [-0.15, -0.1) is 0 Å². The van der Waals surface area contributed by atoms with Gasteiger partial charge >= 0.3 is 0 Å². The Morgan fingerprint density at radius 3 is 2.53 bits per heavy atom. The van der Waals surface area contributed by atoms with Gasteiger partial charge in [0.25, 0.3) is 0 Å². The second-order valence-corrected chi connectivity index (χ2v) is 4.52. The van der Waals surface area contributed by atoms with Gasteiger partial charge in [-0.3, -0.25) is 4.79 Å². The van der Waals surface area contributed by atoms with Gasteiger partial charge < -0.3 is 5.11 Å². The second-order valence-electron chi connectivity index (χ2n) is 4.52. The van der Waals surface area contributed by atoms with E-state index >= 15 is 0 Å². The van der Waals surface area contributed by atoms with E-state index in [1.54, 1.807) is 13.0 Å². The third kappa shape index (κ3) is 1.82. The van der Waals surface area contributed by atoms with Crippen LogP contribution in [-0.2, 0) is 5.60 Å². The predicted octanol–water partition coefficient (Wildman–Crippen LogP) is 2.51. The van der Waals surface area contributed by atoms with Crippen LogP contribution >= 0.6 is 0 Å². The number of ketones is 1. The normalized spacial score (nSPS) is 19.7. The molecule has 1 unspecified atom stereocenters. The Balaban J connectivity index is 2.46. The van der Waals surface area contributed by atoms with E-state index in [-0.39, 0.29) is 5.78 Å². The maximum Gasteiger partial charge on any atom is 0.160 e. The number of benzene rings is 1. The lowest BCUT2D eigenvalue weighted by Crippen LogP contribution is -2.26. The Labute approximate surface area is 89.9 Å². The average molecular weight is 204 g/mol. The summed E-state index contributed by atoms with van der Waals surface area (Å²) in [5, 5.41) is 10.4. The van der Waals surface area contributed by atoms with Crippen LogP contribution in [0.1, 0.15) is 42.6 Å². The molecular formula is C13H16O2. The van der Waals surface area contributed by atoms with E-state index in [1.807, 2.05) is 25.1 Å². The Hall–Kier alpha value is -1.15. The second kappa shape index (κ2) is 3.46. The number of Topliss-reactive ketones (excluding diaryl/α,β-unsaturated/α-hetero) is 1. The summed E-state index contributed by atoms with van der Waals surface area (Å²) in [6.45, 7) is 3.36. The van der Waals surface area contributed by atoms with Crippen LogP contribution in [0, 0.1) is 5.92 Å². The summed E-state index contributed by atoms with van der Waals surface area (Å²) in [4.78, 5) is 11.4. The summed E-state index contributed by atoms with van der Waals surface area (Å²) in [5.74, 6) is 0.338. The number of hydrogen-bond donors (Lipinski definition) is 1. The van der Waals surface area contributed by atoms with E-state index in [0.29, 0.717) is 11.5 Å². The molecular weight excluding hydrogens is 188 g/mol. The first-order chi connectivity index (χ1) is 7.03. The van der Waals surface area contributed by atoms with Crippen LogP contribution in [0.5, 0.6) is 0 Å². The Morgan fingerprint density at radius 2 is 2.00 bits per heavy atom. The monoisotopic (exact) mass is 204 g/mol. The largest absolute Gasteiger partial charge is 0.385 e. The first kappa shape index (κ1) is 10.4. The number of aliphatic hydroxyl groups is 1. The van der Waals surface area contributed by atoms with Crippen molar-refractivity contribution in [2.24, 2.45) is 5.92 Å². The van der Waals surface area contributed by atoms with Crippen molar-refractivity contribution in [3.63, 3.8) is 0 Å². The molecule has 0 saturated heterocycles. The summed E-state index contributed by atoms with van der Waals surface area (Å²) in [5.41, 5.74) is 0.580. The van der Waals surface area contributed by atoms with Gasteiger partial charge in [-0.2, -0.15) is 0 Å². The number of carbonyl (C=O) groups excluding carboxylic acids is 1. The standard InChI is InChI=1S/C13H16O2/c1-9(14)11-5-3-4-6-12(11)13(2,15)10-7-8-10/h3-6,10,15H,7-8H2,1-2H3. The Kier molecular flexibility index (Phi) is 2.39. The molecule has 1 aromatic rings. The summed E-state index contributed by atoms with van der Waals surface area (Å²) < 4.78 is 0. The number of hydrogen-bond acceptors (Lipinski definition) is 2. The minimum absolute atomic E-state index is 0.0199. The highest BCUT2D eigenvalue weighted by Gasteiger charge is 2.42. The quantitative estimate of drug-likeness (QED) is 0.768. The van der Waals surface area contributed by atoms with Gasteiger partial charge in [-0.25, -0.2) is 0 Å². The molecule has 1 fully saturated rings. The fourth-order valence-corrected chi connectivity index (χ4v) is 2.10. The molecule has 2 nitrogen and oxygen atoms in total. The SMILES string of the molecule is CC(=O)c1ccccc1C(C)(O)C1CC1. The molecule has 1 atom stereocenters. The van der Waals surface area contributed by atoms with Gasteiger partial charge in [0.1, 0.15) is 0 Å². The zero-order valence-electron chi connectivity index (χ0n) is 9.16. The first-order valence-corrected chi connectivity index (χ1v) is 5.36. The smallest absolute Gasteiger partial charge is 0.160 e. The van der Waals surface area contributed by atoms with Crippen molar-refractivity contribution in [3.05, 3.63) is 35.4 Å². The lowest BCUT2D eigenvalue weighted by molar-refractivity contribution is 0.0320. The van der Waals surface area contributed by atoms with Crippen LogP contribution in [0.25, 0.3) is 0 Å². The third-order valence-corrected chi connectivity index (χ3v) is 3.22. The van der Waals surface area contributed by atoms with Crippen LogP contribution in [-0.4, -0.2) is 10.9 Å². The highest BCUT2D eigenvalue weighted by atomic mass is 16.3. The van der Waals surface area contributed by atoms with Crippen LogP contribution in [0.2, 0.25) is 0 Å². The van der Waals surface area contributed by atoms with E-state index in [1.165, 1.54) is 0 Å². The Morgan fingerprint density at radius 1 is 1.40 bits per heavy atom. The lowest BCUT2D eigenvalue weighted by Gasteiger charge is -2.25. The molecule has 1 N–H and O–H groups in total. The molecule has 0 heterocycles. The van der Waals surface area contributed by atoms with Crippen molar-refractivity contribution in [2.45, 2.75) is 32.3 Å². The molecule has 2 rings (SSSR count). The minimum Gasteiger partial charge on any atom is -0.385 e. The van der Waals surface area contributed by atoms with Crippen molar-refractivity contribution in [1.29, 1.82) is 0 Å². The fraction of sp³-hybridized carbons (Fsp3) is 0.462. The molecule has 0 spiro atoms.